The van der Waals surface area contributed by atoms with Crippen LogP contribution in [0.1, 0.15) is 35.7 Å². The molecule has 0 aliphatic heterocycles. The zero-order valence-electron chi connectivity index (χ0n) is 16.3. The highest BCUT2D eigenvalue weighted by atomic mass is 35.5. The van der Waals surface area contributed by atoms with Gasteiger partial charge in [0, 0.05) is 13.1 Å². The molecule has 0 aliphatic rings. The standard InChI is InChI=1S/C20H24Cl2N2O4S/c1-3-4-10-23-20(25)16-12-19(18(22)13-17(16)21)29(26,27)24-11-9-14-5-7-15(28-2)8-6-14/h5-8,12-13,24H,3-4,9-11H2,1-2H3,(H,23,25). The first kappa shape index (κ1) is 23.5. The van der Waals surface area contributed by atoms with E-state index < -0.39 is 15.9 Å². The summed E-state index contributed by atoms with van der Waals surface area (Å²) in [7, 11) is -2.34. The molecule has 0 heterocycles. The van der Waals surface area contributed by atoms with E-state index in [0.29, 0.717) is 13.0 Å². The van der Waals surface area contributed by atoms with Crippen LogP contribution >= 0.6 is 23.2 Å². The topological polar surface area (TPSA) is 84.5 Å². The molecule has 0 spiro atoms. The van der Waals surface area contributed by atoms with Crippen LogP contribution in [0.3, 0.4) is 0 Å². The Labute approximate surface area is 181 Å². The minimum Gasteiger partial charge on any atom is -0.497 e. The zero-order valence-corrected chi connectivity index (χ0v) is 18.6. The smallest absolute Gasteiger partial charge is 0.252 e. The molecule has 0 fully saturated rings. The maximum atomic E-state index is 12.7. The van der Waals surface area contributed by atoms with Crippen LogP contribution in [0.4, 0.5) is 0 Å². The average molecular weight is 459 g/mol. The van der Waals surface area contributed by atoms with E-state index in [1.54, 1.807) is 7.11 Å². The Kier molecular flexibility index (Phi) is 8.77. The lowest BCUT2D eigenvalue weighted by Crippen LogP contribution is -2.28. The van der Waals surface area contributed by atoms with Gasteiger partial charge < -0.3 is 10.1 Å². The summed E-state index contributed by atoms with van der Waals surface area (Å²) >= 11 is 12.2. The Hall–Kier alpha value is -1.80. The van der Waals surface area contributed by atoms with Gasteiger partial charge in [-0.05, 0) is 42.7 Å². The van der Waals surface area contributed by atoms with Gasteiger partial charge in [0.05, 0.1) is 22.7 Å². The van der Waals surface area contributed by atoms with Crippen molar-refractivity contribution in [3.8, 4) is 5.75 Å². The Morgan fingerprint density at radius 3 is 2.38 bits per heavy atom. The lowest BCUT2D eigenvalue weighted by molar-refractivity contribution is 0.0953. The minimum atomic E-state index is -3.92. The van der Waals surface area contributed by atoms with E-state index in [9.17, 15) is 13.2 Å². The zero-order chi connectivity index (χ0) is 21.4. The minimum absolute atomic E-state index is 0.0444. The Bertz CT molecular complexity index is 948. The Balaban J connectivity index is 2.11. The number of benzene rings is 2. The molecule has 2 aromatic rings. The van der Waals surface area contributed by atoms with Gasteiger partial charge in [-0.3, -0.25) is 4.79 Å². The van der Waals surface area contributed by atoms with Gasteiger partial charge in [0.15, 0.2) is 0 Å². The highest BCUT2D eigenvalue weighted by Gasteiger charge is 2.22. The normalized spacial score (nSPS) is 11.3. The number of sulfonamides is 1. The number of carbonyl (C=O) groups is 1. The number of carbonyl (C=O) groups excluding carboxylic acids is 1. The first-order valence-corrected chi connectivity index (χ1v) is 11.4. The predicted molar refractivity (Wildman–Crippen MR) is 116 cm³/mol. The van der Waals surface area contributed by atoms with Crippen molar-refractivity contribution >= 4 is 39.1 Å². The number of nitrogens with one attached hydrogen (secondary N) is 2. The SMILES string of the molecule is CCCCNC(=O)c1cc(S(=O)(=O)NCCc2ccc(OC)cc2)c(Cl)cc1Cl. The largest absolute Gasteiger partial charge is 0.497 e. The molecule has 29 heavy (non-hydrogen) atoms. The van der Waals surface area contributed by atoms with Crippen LogP contribution in [0.25, 0.3) is 0 Å². The Morgan fingerprint density at radius 2 is 1.76 bits per heavy atom. The van der Waals surface area contributed by atoms with Gasteiger partial charge in [-0.2, -0.15) is 0 Å². The van der Waals surface area contributed by atoms with Crippen molar-refractivity contribution in [1.82, 2.24) is 10.0 Å². The molecule has 9 heteroatoms. The van der Waals surface area contributed by atoms with E-state index in [4.69, 9.17) is 27.9 Å². The fourth-order valence-electron chi connectivity index (χ4n) is 2.58. The van der Waals surface area contributed by atoms with Gasteiger partial charge in [0.2, 0.25) is 10.0 Å². The van der Waals surface area contributed by atoms with Crippen LogP contribution < -0.4 is 14.8 Å². The number of methoxy groups -OCH3 is 1. The van der Waals surface area contributed by atoms with E-state index in [1.165, 1.54) is 12.1 Å². The summed E-state index contributed by atoms with van der Waals surface area (Å²) in [5.41, 5.74) is 1.02. The second kappa shape index (κ2) is 10.8. The summed E-state index contributed by atoms with van der Waals surface area (Å²) in [5.74, 6) is 0.293. The molecule has 6 nitrogen and oxygen atoms in total. The Morgan fingerprint density at radius 1 is 1.07 bits per heavy atom. The molecular weight excluding hydrogens is 435 g/mol. The van der Waals surface area contributed by atoms with E-state index >= 15 is 0 Å². The molecule has 0 saturated carbocycles. The fourth-order valence-corrected chi connectivity index (χ4v) is 4.47. The maximum Gasteiger partial charge on any atom is 0.252 e. The van der Waals surface area contributed by atoms with Crippen molar-refractivity contribution in [2.75, 3.05) is 20.2 Å². The van der Waals surface area contributed by atoms with E-state index in [2.05, 4.69) is 10.0 Å². The molecule has 0 aromatic heterocycles. The lowest BCUT2D eigenvalue weighted by Gasteiger charge is -2.12. The highest BCUT2D eigenvalue weighted by Crippen LogP contribution is 2.28. The fraction of sp³-hybridized carbons (Fsp3) is 0.350. The van der Waals surface area contributed by atoms with Crippen LogP contribution in [-0.2, 0) is 16.4 Å². The molecule has 1 amide bonds. The summed E-state index contributed by atoms with van der Waals surface area (Å²) < 4.78 is 33.0. The van der Waals surface area contributed by atoms with Crippen LogP contribution in [0.5, 0.6) is 5.75 Å². The van der Waals surface area contributed by atoms with E-state index in [1.807, 2.05) is 31.2 Å². The molecule has 0 atom stereocenters. The molecule has 0 radical (unpaired) electrons. The number of ether oxygens (including phenoxy) is 1. The van der Waals surface area contributed by atoms with Crippen molar-refractivity contribution in [2.24, 2.45) is 0 Å². The maximum absolute atomic E-state index is 12.7. The molecule has 2 N–H and O–H groups in total. The van der Waals surface area contributed by atoms with Crippen molar-refractivity contribution in [3.63, 3.8) is 0 Å². The molecular formula is C20H24Cl2N2O4S. The molecule has 2 rings (SSSR count). The van der Waals surface area contributed by atoms with Crippen molar-refractivity contribution in [2.45, 2.75) is 31.1 Å². The molecule has 2 aromatic carbocycles. The molecule has 0 aliphatic carbocycles. The summed E-state index contributed by atoms with van der Waals surface area (Å²) in [4.78, 5) is 12.1. The number of hydrogen-bond donors (Lipinski definition) is 2. The number of unbranched alkanes of at least 4 members (excludes halogenated alkanes) is 1. The third-order valence-corrected chi connectivity index (χ3v) is 6.47. The second-order valence-corrected chi connectivity index (χ2v) is 8.92. The van der Waals surface area contributed by atoms with Gasteiger partial charge in [0.1, 0.15) is 10.6 Å². The number of rotatable bonds is 10. The molecule has 0 bridgehead atoms. The predicted octanol–water partition coefficient (Wildman–Crippen LogP) is 4.05. The van der Waals surface area contributed by atoms with Gasteiger partial charge in [-0.15, -0.1) is 0 Å². The summed E-state index contributed by atoms with van der Waals surface area (Å²) in [5, 5.41) is 2.77. The van der Waals surface area contributed by atoms with Gasteiger partial charge in [-0.25, -0.2) is 13.1 Å². The first-order valence-electron chi connectivity index (χ1n) is 9.18. The number of halogens is 2. The van der Waals surface area contributed by atoms with Crippen molar-refractivity contribution in [3.05, 3.63) is 57.6 Å². The van der Waals surface area contributed by atoms with Gasteiger partial charge in [0.25, 0.3) is 5.91 Å². The van der Waals surface area contributed by atoms with Crippen LogP contribution in [0.2, 0.25) is 10.0 Å². The van der Waals surface area contributed by atoms with E-state index in [0.717, 1.165) is 24.2 Å². The van der Waals surface area contributed by atoms with Crippen LogP contribution in [0.15, 0.2) is 41.3 Å². The van der Waals surface area contributed by atoms with Crippen LogP contribution in [0, 0.1) is 0 Å². The average Bonchev–Trinajstić information content (AvgIpc) is 2.68. The van der Waals surface area contributed by atoms with Crippen molar-refractivity contribution in [1.29, 1.82) is 0 Å². The lowest BCUT2D eigenvalue weighted by atomic mass is 10.1. The first-order chi connectivity index (χ1) is 13.8. The summed E-state index contributed by atoms with van der Waals surface area (Å²) in [6.45, 7) is 2.66. The van der Waals surface area contributed by atoms with Crippen LogP contribution in [-0.4, -0.2) is 34.5 Å². The molecule has 0 saturated heterocycles. The van der Waals surface area contributed by atoms with Gasteiger partial charge >= 0.3 is 0 Å². The third kappa shape index (κ3) is 6.60. The van der Waals surface area contributed by atoms with Gasteiger partial charge in [-0.1, -0.05) is 48.7 Å². The van der Waals surface area contributed by atoms with E-state index in [-0.39, 0.29) is 27.0 Å². The quantitative estimate of drug-likeness (QED) is 0.525. The van der Waals surface area contributed by atoms with Crippen molar-refractivity contribution < 1.29 is 17.9 Å². The number of amides is 1. The monoisotopic (exact) mass is 458 g/mol. The number of hydrogen-bond acceptors (Lipinski definition) is 4. The third-order valence-electron chi connectivity index (χ3n) is 4.24. The molecule has 158 valence electrons. The second-order valence-electron chi connectivity index (χ2n) is 6.37. The summed E-state index contributed by atoms with van der Waals surface area (Å²) in [6.07, 6.45) is 2.22. The summed E-state index contributed by atoms with van der Waals surface area (Å²) in [6, 6.07) is 9.83. The molecule has 0 unspecified atom stereocenters. The highest BCUT2D eigenvalue weighted by molar-refractivity contribution is 7.89.